The van der Waals surface area contributed by atoms with Crippen LogP contribution in [0.1, 0.15) is 16.7 Å². The van der Waals surface area contributed by atoms with Crippen LogP contribution in [0.4, 0.5) is 17.1 Å². The Balaban J connectivity index is 1.87. The molecule has 0 atom stereocenters. The molecule has 4 heteroatoms. The zero-order chi connectivity index (χ0) is 21.7. The summed E-state index contributed by atoms with van der Waals surface area (Å²) in [6.07, 6.45) is 0. The molecule has 1 heterocycles. The number of benzene rings is 4. The molecule has 1 nitrogen and oxygen atoms in total. The molecule has 0 fully saturated rings. The highest BCUT2D eigenvalue weighted by Crippen LogP contribution is 2.37. The second kappa shape index (κ2) is 8.00. The van der Waals surface area contributed by atoms with Crippen LogP contribution in [-0.2, 0) is 0 Å². The Hall–Kier alpha value is -2.30. The van der Waals surface area contributed by atoms with Gasteiger partial charge in [-0.05, 0) is 68.1 Å². The minimum Gasteiger partial charge on any atom is -0.312 e. The van der Waals surface area contributed by atoms with E-state index in [-0.39, 0.29) is 6.71 Å². The van der Waals surface area contributed by atoms with Gasteiger partial charge in [-0.25, -0.2) is 0 Å². The lowest BCUT2D eigenvalue weighted by molar-refractivity contribution is 1.29. The molecule has 0 unspecified atom stereocenters. The molecule has 0 aliphatic carbocycles. The predicted molar refractivity (Wildman–Crippen MR) is 142 cm³/mol. The van der Waals surface area contributed by atoms with E-state index in [1.807, 2.05) is 0 Å². The molecule has 0 spiro atoms. The van der Waals surface area contributed by atoms with E-state index in [0.717, 1.165) is 8.95 Å². The van der Waals surface area contributed by atoms with Crippen molar-refractivity contribution in [3.63, 3.8) is 0 Å². The molecule has 0 radical (unpaired) electrons. The molecule has 31 heavy (non-hydrogen) atoms. The SMILES string of the molecule is Cc1cc(C)c(B2c3cc(Br)ccc3N(c3ccccc3)c3ccc(Br)cc32)c(C)c1. The maximum atomic E-state index is 3.74. The van der Waals surface area contributed by atoms with Crippen molar-refractivity contribution in [2.24, 2.45) is 0 Å². The summed E-state index contributed by atoms with van der Waals surface area (Å²) in [6, 6.07) is 28.6. The van der Waals surface area contributed by atoms with E-state index in [4.69, 9.17) is 0 Å². The van der Waals surface area contributed by atoms with Gasteiger partial charge in [-0.3, -0.25) is 0 Å². The third-order valence-electron chi connectivity index (χ3n) is 6.12. The summed E-state index contributed by atoms with van der Waals surface area (Å²) >= 11 is 7.48. The van der Waals surface area contributed by atoms with E-state index in [2.05, 4.69) is 136 Å². The Labute approximate surface area is 201 Å². The number of fused-ring (bicyclic) bond motifs is 2. The Bertz CT molecular complexity index is 1220. The largest absolute Gasteiger partial charge is 0.312 e. The number of hydrogen-bond acceptors (Lipinski definition) is 1. The van der Waals surface area contributed by atoms with Gasteiger partial charge < -0.3 is 4.90 Å². The smallest absolute Gasteiger partial charge is 0.247 e. The molecule has 4 aromatic carbocycles. The number of nitrogens with zero attached hydrogens (tertiary/aromatic N) is 1. The number of hydrogen-bond donors (Lipinski definition) is 0. The minimum atomic E-state index is 0.167. The van der Waals surface area contributed by atoms with Crippen LogP contribution in [0.15, 0.2) is 87.8 Å². The first kappa shape index (κ1) is 20.6. The third kappa shape index (κ3) is 3.56. The van der Waals surface area contributed by atoms with Gasteiger partial charge in [0.25, 0.3) is 0 Å². The third-order valence-corrected chi connectivity index (χ3v) is 7.11. The van der Waals surface area contributed by atoms with E-state index >= 15 is 0 Å². The molecule has 0 bridgehead atoms. The van der Waals surface area contributed by atoms with Crippen LogP contribution in [0.3, 0.4) is 0 Å². The maximum Gasteiger partial charge on any atom is 0.247 e. The summed E-state index contributed by atoms with van der Waals surface area (Å²) in [4.78, 5) is 2.39. The Morgan fingerprint density at radius 1 is 0.645 bits per heavy atom. The van der Waals surface area contributed by atoms with Gasteiger partial charge in [0, 0.05) is 26.0 Å². The van der Waals surface area contributed by atoms with E-state index < -0.39 is 0 Å². The van der Waals surface area contributed by atoms with Crippen LogP contribution in [0.5, 0.6) is 0 Å². The van der Waals surface area contributed by atoms with Gasteiger partial charge in [0.15, 0.2) is 0 Å². The van der Waals surface area contributed by atoms with Gasteiger partial charge in [0.05, 0.1) is 0 Å². The highest BCUT2D eigenvalue weighted by molar-refractivity contribution is 9.10. The highest BCUT2D eigenvalue weighted by atomic mass is 79.9. The van der Waals surface area contributed by atoms with Crippen molar-refractivity contribution >= 4 is 72.0 Å². The van der Waals surface area contributed by atoms with Crippen molar-refractivity contribution in [1.82, 2.24) is 0 Å². The molecule has 1 aliphatic heterocycles. The molecular weight excluding hydrogens is 509 g/mol. The second-order valence-corrected chi connectivity index (χ2v) is 10.2. The average Bonchev–Trinajstić information content (AvgIpc) is 2.73. The van der Waals surface area contributed by atoms with Crippen molar-refractivity contribution in [3.8, 4) is 0 Å². The van der Waals surface area contributed by atoms with Crippen LogP contribution in [0, 0.1) is 20.8 Å². The molecule has 0 saturated heterocycles. The maximum absolute atomic E-state index is 3.74. The molecular formula is C27H22BBr2N. The van der Waals surface area contributed by atoms with Gasteiger partial charge in [0.2, 0.25) is 6.71 Å². The molecule has 0 aromatic heterocycles. The lowest BCUT2D eigenvalue weighted by Crippen LogP contribution is -2.58. The van der Waals surface area contributed by atoms with Crippen LogP contribution >= 0.6 is 31.9 Å². The zero-order valence-electron chi connectivity index (χ0n) is 17.8. The lowest BCUT2D eigenvalue weighted by atomic mass is 9.34. The quantitative estimate of drug-likeness (QED) is 0.237. The van der Waals surface area contributed by atoms with Crippen LogP contribution < -0.4 is 21.3 Å². The zero-order valence-corrected chi connectivity index (χ0v) is 21.0. The fraction of sp³-hybridized carbons (Fsp3) is 0.111. The van der Waals surface area contributed by atoms with Crippen molar-refractivity contribution in [2.75, 3.05) is 4.90 Å². The lowest BCUT2D eigenvalue weighted by Gasteiger charge is -2.38. The molecule has 152 valence electrons. The standard InChI is InChI=1S/C27H22BBr2N/c1-17-13-18(2)27(19(3)14-17)28-23-15-20(29)9-11-25(23)31(22-7-5-4-6-8-22)26-12-10-21(30)16-24(26)28/h4-16H,1-3H3. The van der Waals surface area contributed by atoms with Crippen molar-refractivity contribution in [2.45, 2.75) is 20.8 Å². The molecule has 5 rings (SSSR count). The van der Waals surface area contributed by atoms with E-state index in [9.17, 15) is 0 Å². The van der Waals surface area contributed by atoms with Gasteiger partial charge in [0.1, 0.15) is 0 Å². The summed E-state index contributed by atoms with van der Waals surface area (Å²) < 4.78 is 2.20. The van der Waals surface area contributed by atoms with Crippen LogP contribution in [0.2, 0.25) is 0 Å². The van der Waals surface area contributed by atoms with Gasteiger partial charge in [-0.2, -0.15) is 0 Å². The summed E-state index contributed by atoms with van der Waals surface area (Å²) in [5.41, 5.74) is 11.7. The van der Waals surface area contributed by atoms with Gasteiger partial charge in [-0.15, -0.1) is 0 Å². The van der Waals surface area contributed by atoms with Crippen LogP contribution in [-0.4, -0.2) is 6.71 Å². The second-order valence-electron chi connectivity index (χ2n) is 8.32. The van der Waals surface area contributed by atoms with Crippen LogP contribution in [0.25, 0.3) is 0 Å². The fourth-order valence-corrected chi connectivity index (χ4v) is 5.79. The summed E-state index contributed by atoms with van der Waals surface area (Å²) in [6.45, 7) is 6.83. The fourth-order valence-electron chi connectivity index (χ4n) is 5.03. The monoisotopic (exact) mass is 529 g/mol. The van der Waals surface area contributed by atoms with E-state index in [0.29, 0.717) is 0 Å². The molecule has 0 N–H and O–H groups in total. The first-order valence-corrected chi connectivity index (χ1v) is 12.0. The summed E-state index contributed by atoms with van der Waals surface area (Å²) in [5, 5.41) is 0. The number of para-hydroxylation sites is 1. The molecule has 1 aliphatic rings. The normalized spacial score (nSPS) is 12.5. The molecule has 0 saturated carbocycles. The summed E-state index contributed by atoms with van der Waals surface area (Å²) in [7, 11) is 0. The topological polar surface area (TPSA) is 3.24 Å². The highest BCUT2D eigenvalue weighted by Gasteiger charge is 2.37. The number of aryl methyl sites for hydroxylation is 3. The molecule has 0 amide bonds. The van der Waals surface area contributed by atoms with E-state index in [1.165, 1.54) is 50.1 Å². The van der Waals surface area contributed by atoms with Crippen molar-refractivity contribution < 1.29 is 0 Å². The Kier molecular flexibility index (Phi) is 5.31. The summed E-state index contributed by atoms with van der Waals surface area (Å²) in [5.74, 6) is 0. The minimum absolute atomic E-state index is 0.167. The number of halogens is 2. The van der Waals surface area contributed by atoms with Crippen molar-refractivity contribution in [1.29, 1.82) is 0 Å². The average molecular weight is 531 g/mol. The Morgan fingerprint density at radius 2 is 1.16 bits per heavy atom. The first-order chi connectivity index (χ1) is 14.9. The number of anilines is 3. The van der Waals surface area contributed by atoms with Crippen molar-refractivity contribution in [3.05, 3.63) is 104 Å². The number of rotatable bonds is 2. The predicted octanol–water partition coefficient (Wildman–Crippen LogP) is 6.44. The Morgan fingerprint density at radius 3 is 1.68 bits per heavy atom. The van der Waals surface area contributed by atoms with Gasteiger partial charge in [-0.1, -0.05) is 96.5 Å². The first-order valence-electron chi connectivity index (χ1n) is 10.5. The van der Waals surface area contributed by atoms with E-state index in [1.54, 1.807) is 0 Å². The van der Waals surface area contributed by atoms with Gasteiger partial charge >= 0.3 is 0 Å². The molecule has 4 aromatic rings.